The molecule has 8 heteroatoms. The third-order valence-corrected chi connectivity index (χ3v) is 4.04. The predicted octanol–water partition coefficient (Wildman–Crippen LogP) is 1.26. The van der Waals surface area contributed by atoms with E-state index in [9.17, 15) is 9.59 Å². The number of hydrogen-bond donors (Lipinski definition) is 3. The molecule has 8 nitrogen and oxygen atoms in total. The van der Waals surface area contributed by atoms with Crippen molar-refractivity contribution in [3.63, 3.8) is 0 Å². The normalized spacial score (nSPS) is 22.5. The summed E-state index contributed by atoms with van der Waals surface area (Å²) in [7, 11) is 0. The molecule has 1 amide bonds. The number of aromatic nitrogens is 2. The fraction of sp³-hybridized carbons (Fsp3) is 0.571. The summed E-state index contributed by atoms with van der Waals surface area (Å²) in [6.45, 7) is 4.63. The van der Waals surface area contributed by atoms with Gasteiger partial charge in [0.25, 0.3) is 5.91 Å². The van der Waals surface area contributed by atoms with E-state index in [1.54, 1.807) is 13.1 Å². The highest BCUT2D eigenvalue weighted by molar-refractivity contribution is 5.93. The second-order valence-corrected chi connectivity index (χ2v) is 5.96. The Labute approximate surface area is 129 Å². The Kier molecular flexibility index (Phi) is 3.82. The smallest absolute Gasteiger partial charge is 0.350 e. The Hall–Kier alpha value is -2.38. The van der Waals surface area contributed by atoms with Gasteiger partial charge in [-0.05, 0) is 39.5 Å². The third-order valence-electron chi connectivity index (χ3n) is 4.04. The van der Waals surface area contributed by atoms with Gasteiger partial charge in [0.05, 0.1) is 11.9 Å². The van der Waals surface area contributed by atoms with Crippen molar-refractivity contribution in [1.29, 1.82) is 0 Å². The lowest BCUT2D eigenvalue weighted by Crippen LogP contribution is -2.35. The molecular weight excluding hydrogens is 288 g/mol. The van der Waals surface area contributed by atoms with Gasteiger partial charge >= 0.3 is 5.97 Å². The highest BCUT2D eigenvalue weighted by atomic mass is 16.7. The molecular formula is C14H20N4O4. The first-order valence-corrected chi connectivity index (χ1v) is 6.99. The predicted molar refractivity (Wildman–Crippen MR) is 78.5 cm³/mol. The molecule has 0 radical (unpaired) electrons. The maximum atomic E-state index is 11.7. The first-order valence-electron chi connectivity index (χ1n) is 7.49. The van der Waals surface area contributed by atoms with E-state index in [1.165, 1.54) is 13.8 Å². The summed E-state index contributed by atoms with van der Waals surface area (Å²) in [5.74, 6) is -1.54. The van der Waals surface area contributed by atoms with Crippen LogP contribution in [0.1, 0.15) is 55.6 Å². The fourth-order valence-corrected chi connectivity index (χ4v) is 2.42. The van der Waals surface area contributed by atoms with Gasteiger partial charge in [0.2, 0.25) is 5.60 Å². The van der Waals surface area contributed by atoms with Crippen molar-refractivity contribution in [2.24, 2.45) is 16.8 Å². The van der Waals surface area contributed by atoms with Crippen molar-refractivity contribution in [1.82, 2.24) is 10.2 Å². The van der Waals surface area contributed by atoms with Crippen LogP contribution in [0.25, 0.3) is 0 Å². The largest absolute Gasteiger partial charge is 0.478 e. The van der Waals surface area contributed by atoms with Crippen LogP contribution in [0.5, 0.6) is 0 Å². The Morgan fingerprint density at radius 1 is 1.59 bits per heavy atom. The van der Waals surface area contributed by atoms with Crippen LogP contribution in [-0.4, -0.2) is 38.5 Å². The molecule has 0 aliphatic heterocycles. The molecule has 1 fully saturated rings. The van der Waals surface area contributed by atoms with E-state index in [-0.39, 0.29) is 17.5 Å². The van der Waals surface area contributed by atoms with Gasteiger partial charge in [-0.3, -0.25) is 9.89 Å². The molecule has 1 aromatic rings. The number of nitrogens with two attached hydrogens (primary N) is 1. The Morgan fingerprint density at radius 3 is 2.86 bits per heavy atom. The van der Waals surface area contributed by atoms with Gasteiger partial charge in [-0.1, -0.05) is 5.16 Å². The number of rotatable bonds is 6. The number of carbonyl (C=O) groups excluding carboxylic acids is 1. The van der Waals surface area contributed by atoms with E-state index in [4.69, 9.17) is 11.4 Å². The lowest BCUT2D eigenvalue weighted by Gasteiger charge is -2.36. The summed E-state index contributed by atoms with van der Waals surface area (Å²) >= 11 is 0. The topological polar surface area (TPSA) is 131 Å². The minimum Gasteiger partial charge on any atom is -0.478 e. The van der Waals surface area contributed by atoms with Crippen molar-refractivity contribution >= 4 is 17.6 Å². The van der Waals surface area contributed by atoms with E-state index in [2.05, 4.69) is 15.4 Å². The number of carboxylic acids is 1. The van der Waals surface area contributed by atoms with E-state index >= 15 is 0 Å². The summed E-state index contributed by atoms with van der Waals surface area (Å²) in [5, 5.41) is 19.5. The highest BCUT2D eigenvalue weighted by Crippen LogP contribution is 2.44. The Morgan fingerprint density at radius 2 is 2.32 bits per heavy atom. The molecule has 1 aromatic heterocycles. The van der Waals surface area contributed by atoms with E-state index in [0.717, 1.165) is 18.4 Å². The van der Waals surface area contributed by atoms with Gasteiger partial charge in [0.1, 0.15) is 5.69 Å². The Bertz CT molecular complexity index is 640. The number of nitrogens with one attached hydrogen (secondary N) is 1. The molecule has 2 atom stereocenters. The molecule has 1 heterocycles. The van der Waals surface area contributed by atoms with Gasteiger partial charge < -0.3 is 15.7 Å². The molecule has 22 heavy (non-hydrogen) atoms. The molecule has 1 aliphatic carbocycles. The number of carboxylic acid groups (broad SMARTS) is 1. The zero-order valence-electron chi connectivity index (χ0n) is 13.7. The van der Waals surface area contributed by atoms with Crippen LogP contribution >= 0.6 is 0 Å². The molecule has 2 rings (SSSR count). The molecule has 0 bridgehead atoms. The summed E-state index contributed by atoms with van der Waals surface area (Å²) in [6.07, 6.45) is 3.30. The highest BCUT2D eigenvalue weighted by Gasteiger charge is 2.38. The van der Waals surface area contributed by atoms with Crippen LogP contribution in [0.3, 0.4) is 0 Å². The van der Waals surface area contributed by atoms with Crippen LogP contribution in [0, 0.1) is 5.92 Å². The second-order valence-electron chi connectivity index (χ2n) is 5.96. The standard InChI is InChI=1S/C14H20N4O4/c1-7(18-22-14(2,3)13(20)21)8-4-5-9(8)10-6-16-17-11(10)12(15)19/h6,8-9H,4-5H2,1-3H3,(H2,15,19)(H,16,17)(H,20,21)/b18-7+/i/hD. The number of aromatic amines is 1. The van der Waals surface area contributed by atoms with Gasteiger partial charge in [-0.25, -0.2) is 4.79 Å². The van der Waals surface area contributed by atoms with Crippen molar-refractivity contribution in [3.05, 3.63) is 17.5 Å². The molecule has 0 spiro atoms. The van der Waals surface area contributed by atoms with Crippen molar-refractivity contribution < 1.29 is 20.9 Å². The van der Waals surface area contributed by atoms with Gasteiger partial charge in [-0.15, -0.1) is 0 Å². The zero-order chi connectivity index (χ0) is 17.2. The van der Waals surface area contributed by atoms with Crippen LogP contribution in [0.2, 0.25) is 1.41 Å². The maximum absolute atomic E-state index is 11.7. The fourth-order valence-electron chi connectivity index (χ4n) is 2.42. The van der Waals surface area contributed by atoms with Gasteiger partial charge in [-0.2, -0.15) is 5.10 Å². The molecule has 120 valence electrons. The molecule has 0 saturated heterocycles. The minimum atomic E-state index is -1.40. The van der Waals surface area contributed by atoms with Crippen molar-refractivity contribution in [2.45, 2.75) is 45.1 Å². The average molecular weight is 309 g/mol. The number of hydrogen-bond acceptors (Lipinski definition) is 5. The first-order chi connectivity index (χ1) is 10.8. The van der Waals surface area contributed by atoms with E-state index in [0.29, 0.717) is 5.71 Å². The number of aliphatic carboxylic acids is 1. The van der Waals surface area contributed by atoms with Crippen molar-refractivity contribution in [2.75, 3.05) is 0 Å². The summed E-state index contributed by atoms with van der Waals surface area (Å²) in [4.78, 5) is 27.8. The van der Waals surface area contributed by atoms with Crippen LogP contribution in [-0.2, 0) is 9.63 Å². The maximum Gasteiger partial charge on any atom is 0.350 e. The molecule has 1 saturated carbocycles. The second kappa shape index (κ2) is 5.78. The Balaban J connectivity index is 2.12. The summed E-state index contributed by atoms with van der Waals surface area (Å²) in [5.41, 5.74) is 2.12. The number of H-pyrrole nitrogens is 1. The molecule has 4 N–H and O–H groups in total. The lowest BCUT2D eigenvalue weighted by molar-refractivity contribution is -0.161. The lowest BCUT2D eigenvalue weighted by atomic mass is 9.68. The zero-order valence-corrected chi connectivity index (χ0v) is 12.7. The summed E-state index contributed by atoms with van der Waals surface area (Å²) in [6, 6.07) is 0. The number of amides is 1. The quantitative estimate of drug-likeness (QED) is 0.538. The SMILES string of the molecule is [2H]NC(=O)c1[nH]ncc1C1CCC1/C(C)=N/OC(C)(C)C(=O)O. The first kappa shape index (κ1) is 14.6. The number of carbonyl (C=O) groups is 2. The summed E-state index contributed by atoms with van der Waals surface area (Å²) < 4.78 is 6.96. The number of oxime groups is 1. The monoisotopic (exact) mass is 309 g/mol. The molecule has 0 aromatic carbocycles. The van der Waals surface area contributed by atoms with E-state index < -0.39 is 17.5 Å². The average Bonchev–Trinajstić information content (AvgIpc) is 2.92. The minimum absolute atomic E-state index is 0.0429. The van der Waals surface area contributed by atoms with Gasteiger partial charge in [0.15, 0.2) is 1.41 Å². The molecule has 1 aliphatic rings. The van der Waals surface area contributed by atoms with E-state index in [1.807, 2.05) is 5.73 Å². The van der Waals surface area contributed by atoms with Gasteiger partial charge in [0, 0.05) is 11.5 Å². The van der Waals surface area contributed by atoms with Crippen LogP contribution in [0.15, 0.2) is 11.4 Å². The third kappa shape index (κ3) is 2.95. The van der Waals surface area contributed by atoms with Crippen LogP contribution < -0.4 is 5.73 Å². The number of nitrogens with zero attached hydrogens (tertiary/aromatic N) is 2. The molecule has 2 unspecified atom stereocenters. The number of primary amides is 1. The van der Waals surface area contributed by atoms with Crippen molar-refractivity contribution in [3.8, 4) is 0 Å². The van der Waals surface area contributed by atoms with Crippen LogP contribution in [0.4, 0.5) is 0 Å².